The highest BCUT2D eigenvalue weighted by molar-refractivity contribution is 5.92. The fourth-order valence-electron chi connectivity index (χ4n) is 3.61. The summed E-state index contributed by atoms with van der Waals surface area (Å²) >= 11 is 0. The number of hydrogen-bond acceptors (Lipinski definition) is 5. The van der Waals surface area contributed by atoms with E-state index in [-0.39, 0.29) is 11.8 Å². The molecule has 8 heteroatoms. The molecule has 3 unspecified atom stereocenters. The Morgan fingerprint density at radius 3 is 2.29 bits per heavy atom. The van der Waals surface area contributed by atoms with Crippen LogP contribution in [0.3, 0.4) is 0 Å². The zero-order valence-electron chi connectivity index (χ0n) is 14.0. The van der Waals surface area contributed by atoms with Crippen molar-refractivity contribution in [1.82, 2.24) is 9.80 Å². The number of carbonyl (C=O) groups is 3. The molecule has 24 heavy (non-hydrogen) atoms. The van der Waals surface area contributed by atoms with E-state index >= 15 is 0 Å². The molecule has 0 aliphatic carbocycles. The fourth-order valence-corrected chi connectivity index (χ4v) is 3.61. The first kappa shape index (κ1) is 18.7. The Hall–Kier alpha value is -1.67. The van der Waals surface area contributed by atoms with Gasteiger partial charge in [0.2, 0.25) is 11.8 Å². The van der Waals surface area contributed by atoms with Gasteiger partial charge >= 0.3 is 5.97 Å². The van der Waals surface area contributed by atoms with Gasteiger partial charge in [-0.3, -0.25) is 9.59 Å². The summed E-state index contributed by atoms with van der Waals surface area (Å²) in [6.45, 7) is 1.51. The van der Waals surface area contributed by atoms with Crippen LogP contribution in [-0.2, 0) is 14.4 Å². The van der Waals surface area contributed by atoms with Crippen molar-refractivity contribution < 1.29 is 19.5 Å². The van der Waals surface area contributed by atoms with Crippen molar-refractivity contribution in [3.63, 3.8) is 0 Å². The van der Waals surface area contributed by atoms with Crippen molar-refractivity contribution in [2.75, 3.05) is 19.6 Å². The van der Waals surface area contributed by atoms with Gasteiger partial charge in [-0.15, -0.1) is 0 Å². The van der Waals surface area contributed by atoms with Gasteiger partial charge in [0.25, 0.3) is 0 Å². The number of amides is 2. The second-order valence-electron chi connectivity index (χ2n) is 6.61. The maximum atomic E-state index is 12.8. The van der Waals surface area contributed by atoms with E-state index in [0.29, 0.717) is 45.3 Å². The average Bonchev–Trinajstić information content (AvgIpc) is 3.22. The molecule has 0 spiro atoms. The van der Waals surface area contributed by atoms with E-state index < -0.39 is 24.1 Å². The van der Waals surface area contributed by atoms with Crippen molar-refractivity contribution in [2.45, 2.75) is 63.1 Å². The predicted molar refractivity (Wildman–Crippen MR) is 88.0 cm³/mol. The van der Waals surface area contributed by atoms with Crippen molar-refractivity contribution in [1.29, 1.82) is 0 Å². The standard InChI is InChI=1S/C16H28N4O4/c17-8-2-1-5-11(18)14(21)19-9-3-6-12(19)15(22)20-10-4-7-13(20)16(23)24/h11-13H,1-10,17-18H2,(H,23,24). The highest BCUT2D eigenvalue weighted by Gasteiger charge is 2.42. The van der Waals surface area contributed by atoms with Gasteiger partial charge in [-0.25, -0.2) is 4.79 Å². The van der Waals surface area contributed by atoms with Gasteiger partial charge < -0.3 is 26.4 Å². The first-order chi connectivity index (χ1) is 11.5. The van der Waals surface area contributed by atoms with E-state index in [4.69, 9.17) is 11.5 Å². The van der Waals surface area contributed by atoms with Crippen LogP contribution in [0.4, 0.5) is 0 Å². The van der Waals surface area contributed by atoms with Crippen LogP contribution in [0.2, 0.25) is 0 Å². The maximum absolute atomic E-state index is 12.8. The van der Waals surface area contributed by atoms with E-state index in [9.17, 15) is 19.5 Å². The fraction of sp³-hybridized carbons (Fsp3) is 0.812. The summed E-state index contributed by atoms with van der Waals surface area (Å²) in [5, 5.41) is 9.25. The Labute approximate surface area is 142 Å². The summed E-state index contributed by atoms with van der Waals surface area (Å²) in [4.78, 5) is 39.6. The molecule has 2 amide bonds. The molecule has 0 aromatic heterocycles. The number of hydrogen-bond donors (Lipinski definition) is 3. The molecule has 2 heterocycles. The molecule has 5 N–H and O–H groups in total. The zero-order chi connectivity index (χ0) is 17.7. The number of carbonyl (C=O) groups excluding carboxylic acids is 2. The number of likely N-dealkylation sites (tertiary alicyclic amines) is 2. The van der Waals surface area contributed by atoms with Crippen LogP contribution in [0, 0.1) is 0 Å². The van der Waals surface area contributed by atoms with Crippen LogP contribution in [-0.4, -0.2) is 70.4 Å². The van der Waals surface area contributed by atoms with Gasteiger partial charge in [0, 0.05) is 13.1 Å². The Bertz CT molecular complexity index is 485. The van der Waals surface area contributed by atoms with E-state index in [1.807, 2.05) is 0 Å². The molecule has 2 aliphatic heterocycles. The largest absolute Gasteiger partial charge is 0.480 e. The number of carboxylic acid groups (broad SMARTS) is 1. The Morgan fingerprint density at radius 2 is 1.67 bits per heavy atom. The van der Waals surface area contributed by atoms with Crippen LogP contribution < -0.4 is 11.5 Å². The van der Waals surface area contributed by atoms with Crippen LogP contribution in [0.15, 0.2) is 0 Å². The molecule has 2 aliphatic rings. The van der Waals surface area contributed by atoms with E-state index in [2.05, 4.69) is 0 Å². The van der Waals surface area contributed by atoms with Gasteiger partial charge in [0.1, 0.15) is 12.1 Å². The lowest BCUT2D eigenvalue weighted by Gasteiger charge is -2.31. The molecule has 0 radical (unpaired) electrons. The van der Waals surface area contributed by atoms with Crippen molar-refractivity contribution in [3.05, 3.63) is 0 Å². The second-order valence-corrected chi connectivity index (χ2v) is 6.61. The molecule has 2 rings (SSSR count). The molecule has 0 aromatic carbocycles. The minimum absolute atomic E-state index is 0.214. The lowest BCUT2D eigenvalue weighted by atomic mass is 10.1. The summed E-state index contributed by atoms with van der Waals surface area (Å²) in [7, 11) is 0. The zero-order valence-corrected chi connectivity index (χ0v) is 14.0. The van der Waals surface area contributed by atoms with Crippen molar-refractivity contribution in [3.8, 4) is 0 Å². The minimum Gasteiger partial charge on any atom is -0.480 e. The van der Waals surface area contributed by atoms with E-state index in [1.165, 1.54) is 4.90 Å². The summed E-state index contributed by atoms with van der Waals surface area (Å²) < 4.78 is 0. The van der Waals surface area contributed by atoms with Gasteiger partial charge in [-0.05, 0) is 45.1 Å². The molecule has 8 nitrogen and oxygen atoms in total. The molecular weight excluding hydrogens is 312 g/mol. The SMILES string of the molecule is NCCCCC(N)C(=O)N1CCCC1C(=O)N1CCCC1C(=O)O. The van der Waals surface area contributed by atoms with Gasteiger partial charge in [0.05, 0.1) is 6.04 Å². The normalized spacial score (nSPS) is 25.1. The monoisotopic (exact) mass is 340 g/mol. The van der Waals surface area contributed by atoms with Crippen LogP contribution in [0.5, 0.6) is 0 Å². The number of rotatable bonds is 7. The van der Waals surface area contributed by atoms with Crippen LogP contribution in [0.1, 0.15) is 44.9 Å². The van der Waals surface area contributed by atoms with E-state index in [1.54, 1.807) is 4.90 Å². The topological polar surface area (TPSA) is 130 Å². The summed E-state index contributed by atoms with van der Waals surface area (Å²) in [6, 6.07) is -1.97. The third-order valence-electron chi connectivity index (χ3n) is 4.93. The molecule has 2 saturated heterocycles. The first-order valence-electron chi connectivity index (χ1n) is 8.76. The molecule has 2 fully saturated rings. The summed E-state index contributed by atoms with van der Waals surface area (Å²) in [5.74, 6) is -1.44. The maximum Gasteiger partial charge on any atom is 0.326 e. The number of nitrogens with two attached hydrogens (primary N) is 2. The minimum atomic E-state index is -0.977. The van der Waals surface area contributed by atoms with E-state index in [0.717, 1.165) is 19.3 Å². The van der Waals surface area contributed by atoms with Gasteiger partial charge in [-0.1, -0.05) is 6.42 Å². The van der Waals surface area contributed by atoms with Crippen molar-refractivity contribution in [2.24, 2.45) is 11.5 Å². The number of carboxylic acids is 1. The third kappa shape index (κ3) is 4.05. The molecular formula is C16H28N4O4. The molecule has 0 bridgehead atoms. The highest BCUT2D eigenvalue weighted by atomic mass is 16.4. The van der Waals surface area contributed by atoms with Gasteiger partial charge in [-0.2, -0.15) is 0 Å². The van der Waals surface area contributed by atoms with Gasteiger partial charge in [0.15, 0.2) is 0 Å². The first-order valence-corrected chi connectivity index (χ1v) is 8.76. The van der Waals surface area contributed by atoms with Crippen LogP contribution >= 0.6 is 0 Å². The average molecular weight is 340 g/mol. The molecule has 136 valence electrons. The highest BCUT2D eigenvalue weighted by Crippen LogP contribution is 2.25. The number of aliphatic carboxylic acids is 1. The Kier molecular flexibility index (Phi) is 6.56. The third-order valence-corrected chi connectivity index (χ3v) is 4.93. The van der Waals surface area contributed by atoms with Crippen LogP contribution in [0.25, 0.3) is 0 Å². The lowest BCUT2D eigenvalue weighted by molar-refractivity contribution is -0.152. The lowest BCUT2D eigenvalue weighted by Crippen LogP contribution is -2.53. The molecule has 0 saturated carbocycles. The number of nitrogens with zero attached hydrogens (tertiary/aromatic N) is 2. The molecule has 0 aromatic rings. The summed E-state index contributed by atoms with van der Waals surface area (Å²) in [6.07, 6.45) is 4.61. The summed E-state index contributed by atoms with van der Waals surface area (Å²) in [5.41, 5.74) is 11.4. The predicted octanol–water partition coefficient (Wildman–Crippen LogP) is -0.491. The second kappa shape index (κ2) is 8.43. The van der Waals surface area contributed by atoms with Crippen molar-refractivity contribution >= 4 is 17.8 Å². The Balaban J connectivity index is 2.00. The number of unbranched alkanes of at least 4 members (excludes halogenated alkanes) is 1. The molecule has 3 atom stereocenters. The smallest absolute Gasteiger partial charge is 0.326 e. The Morgan fingerprint density at radius 1 is 1.04 bits per heavy atom. The quantitative estimate of drug-likeness (QED) is 0.536.